The van der Waals surface area contributed by atoms with E-state index in [0.29, 0.717) is 25.3 Å². The molecule has 13 heteroatoms. The maximum atomic E-state index is 13.0. The van der Waals surface area contributed by atoms with Crippen molar-refractivity contribution in [2.24, 2.45) is 0 Å². The first-order valence-corrected chi connectivity index (χ1v) is 16.9. The largest absolute Gasteiger partial charge is 0.433 e. The van der Waals surface area contributed by atoms with Crippen LogP contribution in [0.2, 0.25) is 0 Å². The highest BCUT2D eigenvalue weighted by molar-refractivity contribution is 6.00. The molecule has 3 fully saturated rings. The second-order valence-electron chi connectivity index (χ2n) is 13.3. The average molecular weight is 678 g/mol. The minimum absolute atomic E-state index is 0.0114. The summed E-state index contributed by atoms with van der Waals surface area (Å²) in [6, 6.07) is 15.3. The second-order valence-corrected chi connectivity index (χ2v) is 13.3. The second kappa shape index (κ2) is 14.9. The van der Waals surface area contributed by atoms with Gasteiger partial charge in [-0.25, -0.2) is 9.97 Å². The predicted octanol–water partition coefficient (Wildman–Crippen LogP) is 5.03. The number of alkyl halides is 3. The number of aryl methyl sites for hydroxylation is 1. The number of carbonyl (C=O) groups is 3. The summed E-state index contributed by atoms with van der Waals surface area (Å²) in [7, 11) is 0. The first-order valence-electron chi connectivity index (χ1n) is 16.9. The SMILES string of the molecule is Cc1ccc(C2CCN(Cc3ccc(N4CCC(Nc5nccc(C(F)(F)F)n5)CC4)cc3)CC2)cc1CN(C=O)C1CCC(=O)NC1=O. The molecule has 0 bridgehead atoms. The van der Waals surface area contributed by atoms with Gasteiger partial charge in [-0.15, -0.1) is 0 Å². The zero-order chi connectivity index (χ0) is 34.5. The number of hydrogen-bond acceptors (Lipinski definition) is 8. The van der Waals surface area contributed by atoms with Gasteiger partial charge in [-0.3, -0.25) is 24.6 Å². The number of rotatable bonds is 10. The number of halogens is 3. The molecule has 10 nitrogen and oxygen atoms in total. The lowest BCUT2D eigenvalue weighted by Crippen LogP contribution is -2.51. The number of amides is 3. The standard InChI is InChI=1S/C36H42F3N7O3/c1-24-2-5-27(20-28(24)22-46(23-47)31-8-9-33(48)43-34(31)49)26-11-16-44(17-12-26)21-25-3-6-30(7-4-25)45-18-13-29(14-19-45)41-35-40-15-10-32(42-35)36(37,38)39/h2-7,10,15,20,23,26,29,31H,8-9,11-14,16-19,21-22H2,1H3,(H,40,41,42)(H,43,48,49). The topological polar surface area (TPSA) is 111 Å². The molecule has 3 aliphatic rings. The maximum absolute atomic E-state index is 13.0. The number of anilines is 2. The fraction of sp³-hybridized carbons (Fsp3) is 0.472. The lowest BCUT2D eigenvalue weighted by Gasteiger charge is -2.34. The monoisotopic (exact) mass is 677 g/mol. The van der Waals surface area contributed by atoms with Gasteiger partial charge in [-0.05, 0) is 98.5 Å². The molecular weight excluding hydrogens is 635 g/mol. The van der Waals surface area contributed by atoms with Crippen molar-refractivity contribution >= 4 is 29.9 Å². The molecular formula is C36H42F3N7O3. The fourth-order valence-electron chi connectivity index (χ4n) is 7.08. The van der Waals surface area contributed by atoms with Gasteiger partial charge in [0.05, 0.1) is 0 Å². The Hall–Kier alpha value is -4.52. The Morgan fingerprint density at radius 1 is 0.980 bits per heavy atom. The molecule has 0 spiro atoms. The Morgan fingerprint density at radius 2 is 1.71 bits per heavy atom. The fourth-order valence-corrected chi connectivity index (χ4v) is 7.08. The van der Waals surface area contributed by atoms with E-state index in [-0.39, 0.29) is 24.3 Å². The summed E-state index contributed by atoms with van der Waals surface area (Å²) in [4.78, 5) is 49.8. The number of nitrogens with zero attached hydrogens (tertiary/aromatic N) is 5. The van der Waals surface area contributed by atoms with Crippen LogP contribution in [0.15, 0.2) is 54.7 Å². The maximum Gasteiger partial charge on any atom is 0.433 e. The number of nitrogens with one attached hydrogen (secondary N) is 2. The summed E-state index contributed by atoms with van der Waals surface area (Å²) in [6.45, 7) is 6.73. The molecule has 0 saturated carbocycles. The van der Waals surface area contributed by atoms with Crippen LogP contribution >= 0.6 is 0 Å². The summed E-state index contributed by atoms with van der Waals surface area (Å²) in [5.41, 5.74) is 4.77. The van der Waals surface area contributed by atoms with Gasteiger partial charge in [0.1, 0.15) is 11.7 Å². The van der Waals surface area contributed by atoms with Crippen molar-refractivity contribution in [1.82, 2.24) is 25.1 Å². The Kier molecular flexibility index (Phi) is 10.5. The highest BCUT2D eigenvalue weighted by Crippen LogP contribution is 2.32. The van der Waals surface area contributed by atoms with Crippen LogP contribution in [-0.4, -0.2) is 76.3 Å². The third-order valence-electron chi connectivity index (χ3n) is 10.0. The third-order valence-corrected chi connectivity index (χ3v) is 10.0. The van der Waals surface area contributed by atoms with Gasteiger partial charge in [-0.2, -0.15) is 13.2 Å². The van der Waals surface area contributed by atoms with E-state index in [1.54, 1.807) is 0 Å². The van der Waals surface area contributed by atoms with Crippen LogP contribution in [0.25, 0.3) is 0 Å². The van der Waals surface area contributed by atoms with Crippen molar-refractivity contribution in [1.29, 1.82) is 0 Å². The van der Waals surface area contributed by atoms with Crippen LogP contribution < -0.4 is 15.5 Å². The third kappa shape index (κ3) is 8.56. The molecule has 4 heterocycles. The molecule has 3 amide bonds. The molecule has 1 aromatic heterocycles. The van der Waals surface area contributed by atoms with E-state index < -0.39 is 23.8 Å². The number of aromatic nitrogens is 2. The molecule has 6 rings (SSSR count). The van der Waals surface area contributed by atoms with Crippen LogP contribution in [0, 0.1) is 6.92 Å². The molecule has 2 aromatic carbocycles. The van der Waals surface area contributed by atoms with Gasteiger partial charge >= 0.3 is 6.18 Å². The van der Waals surface area contributed by atoms with E-state index in [4.69, 9.17) is 0 Å². The van der Waals surface area contributed by atoms with Crippen LogP contribution in [0.5, 0.6) is 0 Å². The van der Waals surface area contributed by atoms with E-state index in [1.165, 1.54) is 16.0 Å². The summed E-state index contributed by atoms with van der Waals surface area (Å²) >= 11 is 0. The number of benzene rings is 2. The van der Waals surface area contributed by atoms with Crippen molar-refractivity contribution in [3.63, 3.8) is 0 Å². The quantitative estimate of drug-likeness (QED) is 0.227. The summed E-state index contributed by atoms with van der Waals surface area (Å²) in [6.07, 6.45) is 1.51. The van der Waals surface area contributed by atoms with Crippen molar-refractivity contribution in [3.05, 3.63) is 82.7 Å². The molecule has 3 aliphatic heterocycles. The summed E-state index contributed by atoms with van der Waals surface area (Å²) < 4.78 is 39.0. The van der Waals surface area contributed by atoms with E-state index in [1.807, 2.05) is 6.92 Å². The van der Waals surface area contributed by atoms with Gasteiger partial charge in [0.2, 0.25) is 24.2 Å². The molecule has 0 radical (unpaired) electrons. The molecule has 49 heavy (non-hydrogen) atoms. The molecule has 3 saturated heterocycles. The predicted molar refractivity (Wildman–Crippen MR) is 179 cm³/mol. The van der Waals surface area contributed by atoms with Crippen LogP contribution in [-0.2, 0) is 33.6 Å². The van der Waals surface area contributed by atoms with Gasteiger partial charge in [-0.1, -0.05) is 30.3 Å². The van der Waals surface area contributed by atoms with E-state index in [9.17, 15) is 27.6 Å². The van der Waals surface area contributed by atoms with Crippen LogP contribution in [0.4, 0.5) is 24.8 Å². The first kappa shape index (κ1) is 34.3. The van der Waals surface area contributed by atoms with E-state index >= 15 is 0 Å². The van der Waals surface area contributed by atoms with Crippen molar-refractivity contribution in [3.8, 4) is 0 Å². The number of imide groups is 1. The summed E-state index contributed by atoms with van der Waals surface area (Å²) in [5, 5.41) is 5.42. The first-order chi connectivity index (χ1) is 23.6. The average Bonchev–Trinajstić information content (AvgIpc) is 3.09. The summed E-state index contributed by atoms with van der Waals surface area (Å²) in [5.74, 6) is -0.287. The van der Waals surface area contributed by atoms with E-state index in [2.05, 4.69) is 72.9 Å². The van der Waals surface area contributed by atoms with Gasteiger partial charge in [0.15, 0.2) is 0 Å². The highest BCUT2D eigenvalue weighted by Gasteiger charge is 2.34. The minimum Gasteiger partial charge on any atom is -0.371 e. The van der Waals surface area contributed by atoms with Crippen molar-refractivity contribution in [2.75, 3.05) is 36.4 Å². The molecule has 260 valence electrons. The number of hydrogen-bond donors (Lipinski definition) is 2. The van der Waals surface area contributed by atoms with Crippen molar-refractivity contribution in [2.45, 2.75) is 82.7 Å². The Bertz CT molecular complexity index is 1640. The molecule has 0 aliphatic carbocycles. The minimum atomic E-state index is -4.50. The Labute approximate surface area is 284 Å². The smallest absolute Gasteiger partial charge is 0.371 e. The highest BCUT2D eigenvalue weighted by atomic mass is 19.4. The number of piperidine rings is 3. The molecule has 3 aromatic rings. The van der Waals surface area contributed by atoms with Gasteiger partial charge in [0.25, 0.3) is 0 Å². The Balaban J connectivity index is 0.968. The lowest BCUT2D eigenvalue weighted by molar-refractivity contribution is -0.142. The van der Waals surface area contributed by atoms with Gasteiger partial charge in [0, 0.05) is 50.5 Å². The van der Waals surface area contributed by atoms with Crippen LogP contribution in [0.3, 0.4) is 0 Å². The van der Waals surface area contributed by atoms with E-state index in [0.717, 1.165) is 87.5 Å². The lowest BCUT2D eigenvalue weighted by atomic mass is 9.87. The molecule has 2 N–H and O–H groups in total. The Morgan fingerprint density at radius 3 is 2.39 bits per heavy atom. The molecule has 1 unspecified atom stereocenters. The number of carbonyl (C=O) groups excluding carboxylic acids is 3. The molecule has 1 atom stereocenters. The number of likely N-dealkylation sites (tertiary alicyclic amines) is 1. The van der Waals surface area contributed by atoms with Crippen molar-refractivity contribution < 1.29 is 27.6 Å². The normalized spacial score (nSPS) is 19.8. The van der Waals surface area contributed by atoms with Gasteiger partial charge < -0.3 is 15.1 Å². The zero-order valence-corrected chi connectivity index (χ0v) is 27.6. The van der Waals surface area contributed by atoms with Crippen LogP contribution in [0.1, 0.15) is 72.4 Å². The zero-order valence-electron chi connectivity index (χ0n) is 27.6.